The quantitative estimate of drug-likeness (QED) is 0.471. The summed E-state index contributed by atoms with van der Waals surface area (Å²) >= 11 is 0. The second-order valence-electron chi connectivity index (χ2n) is 4.81. The van der Waals surface area contributed by atoms with Crippen molar-refractivity contribution in [2.24, 2.45) is 0 Å². The minimum absolute atomic E-state index is 0.188. The van der Waals surface area contributed by atoms with Crippen LogP contribution in [0.2, 0.25) is 0 Å². The Bertz CT molecular complexity index is 815. The Hall–Kier alpha value is -3.07. The standard InChI is InChI=1S/C18H12F3NO2/c1-24-15-8-6-12(7-9-15)17(23)14(11-22)10-13-4-2-3-5-16(13)18(19,20)21/h2-10H,1H3/b14-10+. The Morgan fingerprint density at radius 1 is 1.12 bits per heavy atom. The molecule has 0 N–H and O–H groups in total. The Morgan fingerprint density at radius 2 is 1.75 bits per heavy atom. The zero-order chi connectivity index (χ0) is 17.7. The summed E-state index contributed by atoms with van der Waals surface area (Å²) < 4.78 is 44.0. The van der Waals surface area contributed by atoms with E-state index in [9.17, 15) is 18.0 Å². The molecule has 2 aromatic rings. The van der Waals surface area contributed by atoms with Crippen LogP contribution in [0.25, 0.3) is 6.08 Å². The Labute approximate surface area is 136 Å². The zero-order valence-electron chi connectivity index (χ0n) is 12.6. The minimum atomic E-state index is -4.57. The number of nitrogens with zero attached hydrogens (tertiary/aromatic N) is 1. The lowest BCUT2D eigenvalue weighted by Gasteiger charge is -2.10. The topological polar surface area (TPSA) is 50.1 Å². The fraction of sp³-hybridized carbons (Fsp3) is 0.111. The van der Waals surface area contributed by atoms with Gasteiger partial charge >= 0.3 is 6.18 Å². The largest absolute Gasteiger partial charge is 0.497 e. The number of hydrogen-bond acceptors (Lipinski definition) is 3. The third kappa shape index (κ3) is 3.82. The molecule has 2 aromatic carbocycles. The highest BCUT2D eigenvalue weighted by Crippen LogP contribution is 2.33. The first-order valence-corrected chi connectivity index (χ1v) is 6.83. The summed E-state index contributed by atoms with van der Waals surface area (Å²) in [4.78, 5) is 12.3. The first kappa shape index (κ1) is 17.3. The molecule has 0 aliphatic carbocycles. The molecule has 0 bridgehead atoms. The van der Waals surface area contributed by atoms with E-state index in [0.29, 0.717) is 5.75 Å². The van der Waals surface area contributed by atoms with Crippen LogP contribution in [0.5, 0.6) is 5.75 Å². The molecule has 24 heavy (non-hydrogen) atoms. The van der Waals surface area contributed by atoms with E-state index in [1.807, 2.05) is 0 Å². The molecule has 0 aliphatic rings. The molecule has 0 amide bonds. The minimum Gasteiger partial charge on any atom is -0.497 e. The zero-order valence-corrected chi connectivity index (χ0v) is 12.6. The number of carbonyl (C=O) groups excluding carboxylic acids is 1. The van der Waals surface area contributed by atoms with Gasteiger partial charge in [0.2, 0.25) is 5.78 Å². The van der Waals surface area contributed by atoms with E-state index in [1.54, 1.807) is 6.07 Å². The SMILES string of the molecule is COc1ccc(C(=O)/C(C#N)=C/c2ccccc2C(F)(F)F)cc1. The van der Waals surface area contributed by atoms with Crippen molar-refractivity contribution in [1.29, 1.82) is 5.26 Å². The number of rotatable bonds is 4. The molecule has 122 valence electrons. The van der Waals surface area contributed by atoms with Crippen LogP contribution in [0.1, 0.15) is 21.5 Å². The summed E-state index contributed by atoms with van der Waals surface area (Å²) in [6.07, 6.45) is -3.62. The number of methoxy groups -OCH3 is 1. The molecule has 0 aromatic heterocycles. The third-order valence-corrected chi connectivity index (χ3v) is 3.28. The van der Waals surface area contributed by atoms with E-state index in [1.165, 1.54) is 49.6 Å². The highest BCUT2D eigenvalue weighted by molar-refractivity contribution is 6.14. The highest BCUT2D eigenvalue weighted by atomic mass is 19.4. The predicted octanol–water partition coefficient (Wildman–Crippen LogP) is 4.50. The number of allylic oxidation sites excluding steroid dienone is 1. The molecule has 2 rings (SSSR count). The van der Waals surface area contributed by atoms with Crippen molar-refractivity contribution in [2.45, 2.75) is 6.18 Å². The fourth-order valence-corrected chi connectivity index (χ4v) is 2.08. The van der Waals surface area contributed by atoms with Crippen LogP contribution in [-0.2, 0) is 6.18 Å². The molecule has 0 saturated heterocycles. The molecule has 0 radical (unpaired) electrons. The van der Waals surface area contributed by atoms with Gasteiger partial charge in [-0.25, -0.2) is 0 Å². The van der Waals surface area contributed by atoms with Gasteiger partial charge in [-0.05, 0) is 42.0 Å². The Morgan fingerprint density at radius 3 is 2.29 bits per heavy atom. The summed E-state index contributed by atoms with van der Waals surface area (Å²) in [5, 5.41) is 9.17. The predicted molar refractivity (Wildman–Crippen MR) is 82.4 cm³/mol. The summed E-state index contributed by atoms with van der Waals surface area (Å²) in [5.41, 5.74) is -1.33. The van der Waals surface area contributed by atoms with Crippen molar-refractivity contribution in [3.05, 3.63) is 70.8 Å². The third-order valence-electron chi connectivity index (χ3n) is 3.28. The smallest absolute Gasteiger partial charge is 0.416 e. The molecule has 0 unspecified atom stereocenters. The van der Waals surface area contributed by atoms with E-state index in [2.05, 4.69) is 0 Å². The van der Waals surface area contributed by atoms with Gasteiger partial charge in [0, 0.05) is 5.56 Å². The Balaban J connectivity index is 2.43. The van der Waals surface area contributed by atoms with Gasteiger partial charge in [-0.3, -0.25) is 4.79 Å². The van der Waals surface area contributed by atoms with E-state index < -0.39 is 17.5 Å². The lowest BCUT2D eigenvalue weighted by molar-refractivity contribution is -0.137. The summed E-state index contributed by atoms with van der Waals surface area (Å²) in [7, 11) is 1.46. The molecule has 0 heterocycles. The average Bonchev–Trinajstić information content (AvgIpc) is 2.58. The average molecular weight is 331 g/mol. The van der Waals surface area contributed by atoms with Crippen molar-refractivity contribution in [3.63, 3.8) is 0 Å². The number of halogens is 3. The fourth-order valence-electron chi connectivity index (χ4n) is 2.08. The number of benzene rings is 2. The van der Waals surface area contributed by atoms with Gasteiger partial charge in [0.1, 0.15) is 17.4 Å². The van der Waals surface area contributed by atoms with Gasteiger partial charge < -0.3 is 4.74 Å². The maximum Gasteiger partial charge on any atom is 0.416 e. The number of nitriles is 1. The number of carbonyl (C=O) groups is 1. The van der Waals surface area contributed by atoms with Crippen molar-refractivity contribution in [2.75, 3.05) is 7.11 Å². The van der Waals surface area contributed by atoms with Crippen LogP contribution in [-0.4, -0.2) is 12.9 Å². The molecule has 0 atom stereocenters. The number of ether oxygens (including phenoxy) is 1. The van der Waals surface area contributed by atoms with Crippen LogP contribution in [0.3, 0.4) is 0 Å². The molecule has 0 fully saturated rings. The normalized spacial score (nSPS) is 11.7. The van der Waals surface area contributed by atoms with E-state index in [0.717, 1.165) is 12.1 Å². The number of alkyl halides is 3. The maximum atomic E-state index is 13.0. The van der Waals surface area contributed by atoms with Gasteiger partial charge in [0.15, 0.2) is 0 Å². The lowest BCUT2D eigenvalue weighted by atomic mass is 9.99. The Kier molecular flexibility index (Phi) is 5.05. The summed E-state index contributed by atoms with van der Waals surface area (Å²) in [5.74, 6) is -0.131. The summed E-state index contributed by atoms with van der Waals surface area (Å²) in [6, 6.07) is 12.4. The number of hydrogen-bond donors (Lipinski definition) is 0. The molecule has 0 saturated carbocycles. The van der Waals surface area contributed by atoms with Crippen molar-refractivity contribution >= 4 is 11.9 Å². The van der Waals surface area contributed by atoms with E-state index in [4.69, 9.17) is 10.00 Å². The van der Waals surface area contributed by atoms with Crippen LogP contribution in [0.15, 0.2) is 54.1 Å². The molecule has 0 spiro atoms. The van der Waals surface area contributed by atoms with Gasteiger partial charge in [0.25, 0.3) is 0 Å². The molecular weight excluding hydrogens is 319 g/mol. The molecule has 3 nitrogen and oxygen atoms in total. The second kappa shape index (κ2) is 7.01. The second-order valence-corrected chi connectivity index (χ2v) is 4.81. The van der Waals surface area contributed by atoms with Crippen LogP contribution >= 0.6 is 0 Å². The lowest BCUT2D eigenvalue weighted by Crippen LogP contribution is -2.08. The van der Waals surface area contributed by atoms with Gasteiger partial charge in [-0.15, -0.1) is 0 Å². The van der Waals surface area contributed by atoms with Gasteiger partial charge in [-0.2, -0.15) is 18.4 Å². The van der Waals surface area contributed by atoms with Crippen molar-refractivity contribution in [1.82, 2.24) is 0 Å². The maximum absolute atomic E-state index is 13.0. The van der Waals surface area contributed by atoms with Crippen LogP contribution in [0, 0.1) is 11.3 Å². The first-order valence-electron chi connectivity index (χ1n) is 6.83. The number of ketones is 1. The molecule has 6 heteroatoms. The van der Waals surface area contributed by atoms with E-state index in [-0.39, 0.29) is 16.7 Å². The van der Waals surface area contributed by atoms with Gasteiger partial charge in [-0.1, -0.05) is 18.2 Å². The van der Waals surface area contributed by atoms with E-state index >= 15 is 0 Å². The molecule has 0 aliphatic heterocycles. The van der Waals surface area contributed by atoms with Crippen molar-refractivity contribution < 1.29 is 22.7 Å². The monoisotopic (exact) mass is 331 g/mol. The van der Waals surface area contributed by atoms with Gasteiger partial charge in [0.05, 0.1) is 12.7 Å². The highest BCUT2D eigenvalue weighted by Gasteiger charge is 2.32. The first-order chi connectivity index (χ1) is 11.4. The molecular formula is C18H12F3NO2. The number of Topliss-reactive ketones (excluding diaryl/α,β-unsaturated/α-hetero) is 1. The summed E-state index contributed by atoms with van der Waals surface area (Å²) in [6.45, 7) is 0. The van der Waals surface area contributed by atoms with Crippen molar-refractivity contribution in [3.8, 4) is 11.8 Å². The van der Waals surface area contributed by atoms with Crippen LogP contribution in [0.4, 0.5) is 13.2 Å². The van der Waals surface area contributed by atoms with Crippen LogP contribution < -0.4 is 4.74 Å².